The van der Waals surface area contributed by atoms with Crippen molar-refractivity contribution in [1.29, 1.82) is 0 Å². The average Bonchev–Trinajstić information content (AvgIpc) is 2.42. The Morgan fingerprint density at radius 3 is 1.89 bits per heavy atom. The van der Waals surface area contributed by atoms with E-state index in [1.807, 2.05) is 52.0 Å². The van der Waals surface area contributed by atoms with Crippen LogP contribution in [0, 0.1) is 0 Å². The average molecular weight is 247 g/mol. The van der Waals surface area contributed by atoms with Crippen LogP contribution in [0.25, 0.3) is 10.8 Å². The highest BCUT2D eigenvalue weighted by Gasteiger charge is 2.08. The van der Waals surface area contributed by atoms with Crippen LogP contribution in [0.2, 0.25) is 0 Å². The largest absolute Gasteiger partial charge is 0.478 e. The van der Waals surface area contributed by atoms with Gasteiger partial charge in [0.2, 0.25) is 0 Å². The SMILES string of the molecule is CC.CC.Nc1cc2ccccc2cc1C(=O)O. The van der Waals surface area contributed by atoms with Crippen molar-refractivity contribution in [2.24, 2.45) is 0 Å². The molecule has 0 fully saturated rings. The van der Waals surface area contributed by atoms with Crippen molar-refractivity contribution in [1.82, 2.24) is 0 Å². The number of carboxylic acid groups (broad SMARTS) is 1. The molecule has 0 heterocycles. The van der Waals surface area contributed by atoms with Gasteiger partial charge in [-0.2, -0.15) is 0 Å². The van der Waals surface area contributed by atoms with Crippen molar-refractivity contribution in [3.8, 4) is 0 Å². The monoisotopic (exact) mass is 247 g/mol. The van der Waals surface area contributed by atoms with Gasteiger partial charge >= 0.3 is 5.97 Å². The Labute approximate surface area is 108 Å². The topological polar surface area (TPSA) is 63.3 Å². The third-order valence-corrected chi connectivity index (χ3v) is 2.15. The lowest BCUT2D eigenvalue weighted by Crippen LogP contribution is -2.01. The summed E-state index contributed by atoms with van der Waals surface area (Å²) in [5.74, 6) is -0.992. The van der Waals surface area contributed by atoms with E-state index in [0.29, 0.717) is 5.69 Å². The van der Waals surface area contributed by atoms with Crippen molar-refractivity contribution >= 4 is 22.4 Å². The second-order valence-corrected chi connectivity index (χ2v) is 3.09. The van der Waals surface area contributed by atoms with Gasteiger partial charge in [0.1, 0.15) is 0 Å². The Hall–Kier alpha value is -2.03. The van der Waals surface area contributed by atoms with Crippen LogP contribution in [0.1, 0.15) is 38.1 Å². The minimum Gasteiger partial charge on any atom is -0.478 e. The highest BCUT2D eigenvalue weighted by atomic mass is 16.4. The van der Waals surface area contributed by atoms with E-state index in [1.165, 1.54) is 0 Å². The number of fused-ring (bicyclic) bond motifs is 1. The maximum Gasteiger partial charge on any atom is 0.337 e. The molecule has 0 aromatic heterocycles. The lowest BCUT2D eigenvalue weighted by atomic mass is 10.1. The normalized spacial score (nSPS) is 8.67. The molecule has 0 aliphatic heterocycles. The van der Waals surface area contributed by atoms with Crippen LogP contribution in [-0.4, -0.2) is 11.1 Å². The molecule has 3 nitrogen and oxygen atoms in total. The van der Waals surface area contributed by atoms with Gasteiger partial charge in [0, 0.05) is 5.69 Å². The minimum absolute atomic E-state index is 0.156. The number of hydrogen-bond acceptors (Lipinski definition) is 2. The molecular formula is C15H21NO2. The maximum atomic E-state index is 10.8. The summed E-state index contributed by atoms with van der Waals surface area (Å²) in [6.45, 7) is 8.00. The molecule has 2 rings (SSSR count). The number of anilines is 1. The van der Waals surface area contributed by atoms with Crippen molar-refractivity contribution < 1.29 is 9.90 Å². The fourth-order valence-corrected chi connectivity index (χ4v) is 1.44. The first-order valence-electron chi connectivity index (χ1n) is 6.20. The summed E-state index contributed by atoms with van der Waals surface area (Å²) in [7, 11) is 0. The third kappa shape index (κ3) is 3.77. The van der Waals surface area contributed by atoms with E-state index in [4.69, 9.17) is 10.8 Å². The predicted molar refractivity (Wildman–Crippen MR) is 78.0 cm³/mol. The number of aromatic carboxylic acids is 1. The molecule has 3 N–H and O–H groups in total. The fraction of sp³-hybridized carbons (Fsp3) is 0.267. The smallest absolute Gasteiger partial charge is 0.337 e. The number of benzene rings is 2. The standard InChI is InChI=1S/C11H9NO2.2C2H6/c12-10-6-8-4-2-1-3-7(8)5-9(10)11(13)14;2*1-2/h1-6H,12H2,(H,13,14);2*1-2H3. The van der Waals surface area contributed by atoms with Crippen molar-refractivity contribution in [2.75, 3.05) is 5.73 Å². The van der Waals surface area contributed by atoms with Crippen molar-refractivity contribution in [3.63, 3.8) is 0 Å². The summed E-state index contributed by atoms with van der Waals surface area (Å²) >= 11 is 0. The van der Waals surface area contributed by atoms with E-state index < -0.39 is 5.97 Å². The van der Waals surface area contributed by atoms with Crippen molar-refractivity contribution in [3.05, 3.63) is 42.0 Å². The second kappa shape index (κ2) is 8.12. The van der Waals surface area contributed by atoms with Gasteiger partial charge in [-0.15, -0.1) is 0 Å². The van der Waals surface area contributed by atoms with Gasteiger partial charge in [-0.3, -0.25) is 0 Å². The molecule has 2 aromatic carbocycles. The molecular weight excluding hydrogens is 226 g/mol. The first kappa shape index (κ1) is 16.0. The van der Waals surface area contributed by atoms with Crippen molar-refractivity contribution in [2.45, 2.75) is 27.7 Å². The molecule has 0 aliphatic rings. The van der Waals surface area contributed by atoms with E-state index in [0.717, 1.165) is 10.8 Å². The van der Waals surface area contributed by atoms with Crippen LogP contribution in [0.4, 0.5) is 5.69 Å². The molecule has 0 saturated heterocycles. The van der Waals surface area contributed by atoms with E-state index in [-0.39, 0.29) is 5.56 Å². The quantitative estimate of drug-likeness (QED) is 0.743. The third-order valence-electron chi connectivity index (χ3n) is 2.15. The number of rotatable bonds is 1. The Balaban J connectivity index is 0.000000659. The lowest BCUT2D eigenvalue weighted by Gasteiger charge is -2.03. The number of nitrogens with two attached hydrogens (primary N) is 1. The Kier molecular flexibility index (Phi) is 7.20. The number of carbonyl (C=O) groups is 1. The summed E-state index contributed by atoms with van der Waals surface area (Å²) in [5, 5.41) is 10.7. The Bertz CT molecular complexity index is 507. The van der Waals surface area contributed by atoms with Crippen LogP contribution in [0.15, 0.2) is 36.4 Å². The zero-order valence-corrected chi connectivity index (χ0v) is 11.4. The molecule has 0 amide bonds. The van der Waals surface area contributed by atoms with Crippen LogP contribution in [0.5, 0.6) is 0 Å². The number of hydrogen-bond donors (Lipinski definition) is 2. The zero-order valence-electron chi connectivity index (χ0n) is 11.4. The van der Waals surface area contributed by atoms with Crippen LogP contribution < -0.4 is 5.73 Å². The molecule has 0 spiro atoms. The van der Waals surface area contributed by atoms with Gasteiger partial charge in [0.25, 0.3) is 0 Å². The van der Waals surface area contributed by atoms with Gasteiger partial charge in [-0.1, -0.05) is 52.0 Å². The number of nitrogen functional groups attached to an aromatic ring is 1. The van der Waals surface area contributed by atoms with Gasteiger partial charge < -0.3 is 10.8 Å². The Morgan fingerprint density at radius 1 is 1.00 bits per heavy atom. The predicted octanol–water partition coefficient (Wildman–Crippen LogP) is 4.17. The first-order chi connectivity index (χ1) is 8.68. The van der Waals surface area contributed by atoms with Crippen LogP contribution in [-0.2, 0) is 0 Å². The minimum atomic E-state index is -0.992. The molecule has 18 heavy (non-hydrogen) atoms. The highest BCUT2D eigenvalue weighted by Crippen LogP contribution is 2.21. The lowest BCUT2D eigenvalue weighted by molar-refractivity contribution is 0.0698. The molecule has 98 valence electrons. The second-order valence-electron chi connectivity index (χ2n) is 3.09. The molecule has 0 saturated carbocycles. The van der Waals surface area contributed by atoms with Gasteiger partial charge in [-0.05, 0) is 22.9 Å². The van der Waals surface area contributed by atoms with E-state index in [9.17, 15) is 4.79 Å². The molecule has 0 aliphatic carbocycles. The van der Waals surface area contributed by atoms with Crippen LogP contribution >= 0.6 is 0 Å². The molecule has 2 aromatic rings. The summed E-state index contributed by atoms with van der Waals surface area (Å²) in [5.41, 5.74) is 6.06. The van der Waals surface area contributed by atoms with E-state index >= 15 is 0 Å². The first-order valence-corrected chi connectivity index (χ1v) is 6.20. The summed E-state index contributed by atoms with van der Waals surface area (Å²) in [6, 6.07) is 10.8. The molecule has 0 unspecified atom stereocenters. The fourth-order valence-electron chi connectivity index (χ4n) is 1.44. The summed E-state index contributed by atoms with van der Waals surface area (Å²) in [6.07, 6.45) is 0. The maximum absolute atomic E-state index is 10.8. The van der Waals surface area contributed by atoms with Crippen LogP contribution in [0.3, 0.4) is 0 Å². The summed E-state index contributed by atoms with van der Waals surface area (Å²) in [4.78, 5) is 10.8. The van der Waals surface area contributed by atoms with Gasteiger partial charge in [0.15, 0.2) is 0 Å². The Morgan fingerprint density at radius 2 is 1.44 bits per heavy atom. The molecule has 0 radical (unpaired) electrons. The van der Waals surface area contributed by atoms with E-state index in [2.05, 4.69) is 0 Å². The molecule has 0 atom stereocenters. The molecule has 0 bridgehead atoms. The number of carboxylic acids is 1. The zero-order chi connectivity index (χ0) is 14.1. The van der Waals surface area contributed by atoms with Gasteiger partial charge in [-0.25, -0.2) is 4.79 Å². The summed E-state index contributed by atoms with van der Waals surface area (Å²) < 4.78 is 0. The molecule has 3 heteroatoms. The highest BCUT2D eigenvalue weighted by molar-refractivity contribution is 6.00. The van der Waals surface area contributed by atoms with E-state index in [1.54, 1.807) is 12.1 Å². The van der Waals surface area contributed by atoms with Gasteiger partial charge in [0.05, 0.1) is 5.56 Å².